The van der Waals surface area contributed by atoms with Gasteiger partial charge in [0.15, 0.2) is 0 Å². The summed E-state index contributed by atoms with van der Waals surface area (Å²) >= 11 is 3.52. The van der Waals surface area contributed by atoms with Crippen molar-refractivity contribution in [3.63, 3.8) is 0 Å². The minimum Gasteiger partial charge on any atom is -0.477 e. The Kier molecular flexibility index (Phi) is 3.22. The summed E-state index contributed by atoms with van der Waals surface area (Å²) in [5.74, 6) is -1.18. The van der Waals surface area contributed by atoms with Crippen LogP contribution in [0, 0.1) is 0 Å². The van der Waals surface area contributed by atoms with Crippen LogP contribution >= 0.6 is 15.9 Å². The quantitative estimate of drug-likeness (QED) is 0.919. The standard InChI is InChI=1S/C15H12BrNO3/c16-12-5-1-3-10-9(12)6-7-13(10)17-8-2-4-11(14(17)18)15(19)20/h1-5,8,13H,6-7H2,(H,19,20). The molecule has 102 valence electrons. The first kappa shape index (κ1) is 13.1. The lowest BCUT2D eigenvalue weighted by Crippen LogP contribution is -2.28. The molecule has 1 aliphatic carbocycles. The van der Waals surface area contributed by atoms with Crippen molar-refractivity contribution >= 4 is 21.9 Å². The molecule has 0 aliphatic heterocycles. The Morgan fingerprint density at radius 2 is 2.10 bits per heavy atom. The molecule has 1 atom stereocenters. The van der Waals surface area contributed by atoms with E-state index in [-0.39, 0.29) is 11.6 Å². The zero-order chi connectivity index (χ0) is 14.3. The number of hydrogen-bond donors (Lipinski definition) is 1. The molecule has 4 nitrogen and oxygen atoms in total. The van der Waals surface area contributed by atoms with E-state index >= 15 is 0 Å². The minimum absolute atomic E-state index is 0.0886. The van der Waals surface area contributed by atoms with E-state index in [0.29, 0.717) is 0 Å². The maximum absolute atomic E-state index is 12.3. The molecule has 0 amide bonds. The molecule has 0 radical (unpaired) electrons. The maximum atomic E-state index is 12.3. The monoisotopic (exact) mass is 333 g/mol. The van der Waals surface area contributed by atoms with Gasteiger partial charge >= 0.3 is 5.97 Å². The number of carbonyl (C=O) groups is 1. The number of fused-ring (bicyclic) bond motifs is 1. The molecule has 1 aromatic heterocycles. The van der Waals surface area contributed by atoms with E-state index in [1.165, 1.54) is 16.2 Å². The fraction of sp³-hybridized carbons (Fsp3) is 0.200. The predicted molar refractivity (Wildman–Crippen MR) is 78.3 cm³/mol. The van der Waals surface area contributed by atoms with Gasteiger partial charge in [-0.1, -0.05) is 28.1 Å². The Balaban J connectivity index is 2.14. The van der Waals surface area contributed by atoms with Crippen LogP contribution in [0.15, 0.2) is 45.8 Å². The van der Waals surface area contributed by atoms with Crippen LogP contribution in [0.4, 0.5) is 0 Å². The van der Waals surface area contributed by atoms with Gasteiger partial charge < -0.3 is 9.67 Å². The second-order valence-electron chi connectivity index (χ2n) is 4.80. The summed E-state index contributed by atoms with van der Waals surface area (Å²) in [6, 6.07) is 8.79. The van der Waals surface area contributed by atoms with Crippen molar-refractivity contribution < 1.29 is 9.90 Å². The van der Waals surface area contributed by atoms with Crippen LogP contribution in [0.5, 0.6) is 0 Å². The molecule has 1 aliphatic rings. The van der Waals surface area contributed by atoms with Crippen LogP contribution in [0.2, 0.25) is 0 Å². The SMILES string of the molecule is O=C(O)c1cccn(C2CCc3c(Br)cccc32)c1=O. The Morgan fingerprint density at radius 1 is 1.30 bits per heavy atom. The van der Waals surface area contributed by atoms with Gasteiger partial charge in [0, 0.05) is 10.7 Å². The summed E-state index contributed by atoms with van der Waals surface area (Å²) < 4.78 is 2.57. The van der Waals surface area contributed by atoms with E-state index in [9.17, 15) is 9.59 Å². The topological polar surface area (TPSA) is 59.3 Å². The first-order valence-electron chi connectivity index (χ1n) is 6.31. The molecule has 0 bridgehead atoms. The van der Waals surface area contributed by atoms with E-state index in [0.717, 1.165) is 22.9 Å². The number of nitrogens with zero attached hydrogens (tertiary/aromatic N) is 1. The van der Waals surface area contributed by atoms with E-state index in [1.54, 1.807) is 12.3 Å². The zero-order valence-electron chi connectivity index (χ0n) is 10.5. The van der Waals surface area contributed by atoms with Crippen molar-refractivity contribution in [3.8, 4) is 0 Å². The molecule has 20 heavy (non-hydrogen) atoms. The van der Waals surface area contributed by atoms with E-state index in [4.69, 9.17) is 5.11 Å². The molecular weight excluding hydrogens is 322 g/mol. The van der Waals surface area contributed by atoms with Crippen molar-refractivity contribution in [2.24, 2.45) is 0 Å². The Bertz CT molecular complexity index is 751. The first-order valence-corrected chi connectivity index (χ1v) is 7.10. The second kappa shape index (κ2) is 4.90. The highest BCUT2D eigenvalue weighted by molar-refractivity contribution is 9.10. The molecule has 0 saturated heterocycles. The van der Waals surface area contributed by atoms with Gasteiger partial charge in [0.25, 0.3) is 5.56 Å². The third kappa shape index (κ3) is 1.98. The normalized spacial score (nSPS) is 16.9. The number of carboxylic acid groups (broad SMARTS) is 1. The number of halogens is 1. The molecule has 0 saturated carbocycles. The highest BCUT2D eigenvalue weighted by Gasteiger charge is 2.26. The number of benzene rings is 1. The molecule has 1 heterocycles. The third-order valence-corrected chi connectivity index (χ3v) is 4.47. The summed E-state index contributed by atoms with van der Waals surface area (Å²) in [4.78, 5) is 23.3. The van der Waals surface area contributed by atoms with Crippen molar-refractivity contribution in [1.29, 1.82) is 0 Å². The van der Waals surface area contributed by atoms with Crippen LogP contribution < -0.4 is 5.56 Å². The van der Waals surface area contributed by atoms with Crippen molar-refractivity contribution in [2.75, 3.05) is 0 Å². The average molecular weight is 334 g/mol. The number of hydrogen-bond acceptors (Lipinski definition) is 2. The highest BCUT2D eigenvalue weighted by Crippen LogP contribution is 2.37. The molecule has 2 aromatic rings. The molecule has 0 spiro atoms. The lowest BCUT2D eigenvalue weighted by Gasteiger charge is -2.16. The lowest BCUT2D eigenvalue weighted by atomic mass is 10.1. The summed E-state index contributed by atoms with van der Waals surface area (Å²) in [6.07, 6.45) is 3.35. The van der Waals surface area contributed by atoms with E-state index < -0.39 is 11.5 Å². The number of aromatic nitrogens is 1. The van der Waals surface area contributed by atoms with Crippen LogP contribution in [0.3, 0.4) is 0 Å². The number of carboxylic acids is 1. The Morgan fingerprint density at radius 3 is 2.85 bits per heavy atom. The molecule has 3 rings (SSSR count). The summed E-state index contributed by atoms with van der Waals surface area (Å²) in [7, 11) is 0. The Hall–Kier alpha value is -1.88. The minimum atomic E-state index is -1.18. The Labute approximate surface area is 123 Å². The van der Waals surface area contributed by atoms with Gasteiger partial charge in [0.1, 0.15) is 5.56 Å². The molecule has 1 aromatic carbocycles. The number of aromatic carboxylic acids is 1. The fourth-order valence-electron chi connectivity index (χ4n) is 2.80. The number of rotatable bonds is 2. The van der Waals surface area contributed by atoms with Crippen LogP contribution in [-0.4, -0.2) is 15.6 Å². The molecule has 0 fully saturated rings. The fourth-order valence-corrected chi connectivity index (χ4v) is 3.37. The van der Waals surface area contributed by atoms with Gasteiger partial charge in [-0.2, -0.15) is 0 Å². The molecular formula is C15H12BrNO3. The smallest absolute Gasteiger partial charge is 0.341 e. The lowest BCUT2D eigenvalue weighted by molar-refractivity contribution is 0.0694. The number of pyridine rings is 1. The first-order chi connectivity index (χ1) is 9.59. The highest BCUT2D eigenvalue weighted by atomic mass is 79.9. The molecule has 1 N–H and O–H groups in total. The average Bonchev–Trinajstić information content (AvgIpc) is 2.84. The van der Waals surface area contributed by atoms with Crippen molar-refractivity contribution in [1.82, 2.24) is 4.57 Å². The zero-order valence-corrected chi connectivity index (χ0v) is 12.1. The molecule has 5 heteroatoms. The van der Waals surface area contributed by atoms with Gasteiger partial charge in [0.2, 0.25) is 0 Å². The summed E-state index contributed by atoms with van der Waals surface area (Å²) in [6.45, 7) is 0. The second-order valence-corrected chi connectivity index (χ2v) is 5.66. The molecule has 1 unspecified atom stereocenters. The van der Waals surface area contributed by atoms with E-state index in [2.05, 4.69) is 15.9 Å². The van der Waals surface area contributed by atoms with Gasteiger partial charge in [0.05, 0.1) is 6.04 Å². The maximum Gasteiger partial charge on any atom is 0.341 e. The van der Waals surface area contributed by atoms with Crippen LogP contribution in [0.25, 0.3) is 0 Å². The third-order valence-electron chi connectivity index (χ3n) is 3.72. The van der Waals surface area contributed by atoms with Gasteiger partial charge in [-0.05, 0) is 42.2 Å². The van der Waals surface area contributed by atoms with Gasteiger partial charge in [-0.25, -0.2) is 4.79 Å². The van der Waals surface area contributed by atoms with Crippen LogP contribution in [0.1, 0.15) is 33.9 Å². The van der Waals surface area contributed by atoms with Gasteiger partial charge in [-0.15, -0.1) is 0 Å². The van der Waals surface area contributed by atoms with Crippen molar-refractivity contribution in [3.05, 3.63) is 68.0 Å². The predicted octanol–water partition coefficient (Wildman–Crippen LogP) is 2.84. The van der Waals surface area contributed by atoms with Crippen LogP contribution in [-0.2, 0) is 6.42 Å². The summed E-state index contributed by atoms with van der Waals surface area (Å²) in [5.41, 5.74) is 1.66. The van der Waals surface area contributed by atoms with Crippen molar-refractivity contribution in [2.45, 2.75) is 18.9 Å². The van der Waals surface area contributed by atoms with E-state index in [1.807, 2.05) is 18.2 Å². The van der Waals surface area contributed by atoms with Gasteiger partial charge in [-0.3, -0.25) is 4.79 Å². The summed E-state index contributed by atoms with van der Waals surface area (Å²) in [5, 5.41) is 9.05. The largest absolute Gasteiger partial charge is 0.477 e.